The zero-order valence-corrected chi connectivity index (χ0v) is 21.2. The van der Waals surface area contributed by atoms with E-state index in [4.69, 9.17) is 4.74 Å². The van der Waals surface area contributed by atoms with E-state index < -0.39 is 29.4 Å². The highest BCUT2D eigenvalue weighted by molar-refractivity contribution is 9.10. The monoisotopic (exact) mass is 549 g/mol. The summed E-state index contributed by atoms with van der Waals surface area (Å²) in [6.07, 6.45) is 5.49. The van der Waals surface area contributed by atoms with E-state index in [1.54, 1.807) is 11.1 Å². The summed E-state index contributed by atoms with van der Waals surface area (Å²) in [5.41, 5.74) is 0.389. The normalized spacial score (nSPS) is 23.4. The molecule has 0 N–H and O–H groups in total. The van der Waals surface area contributed by atoms with Crippen molar-refractivity contribution in [1.29, 1.82) is 0 Å². The minimum absolute atomic E-state index is 0.164. The lowest BCUT2D eigenvalue weighted by Gasteiger charge is -2.43. The predicted octanol–water partition coefficient (Wildman–Crippen LogP) is 6.04. The molecule has 5 nitrogen and oxygen atoms in total. The molecule has 3 atom stereocenters. The van der Waals surface area contributed by atoms with Crippen molar-refractivity contribution in [3.05, 3.63) is 63.3 Å². The van der Waals surface area contributed by atoms with E-state index in [1.165, 1.54) is 26.0 Å². The molecule has 2 aliphatic rings. The van der Waals surface area contributed by atoms with Crippen LogP contribution >= 0.6 is 15.9 Å². The SMILES string of the molecule is CC(C)(F)CN1[C@H](c2c(F)cc(Br)cc2F)c2ccc3c(cnn3C3CCCCO3)c2C[C@H]1C=O. The summed E-state index contributed by atoms with van der Waals surface area (Å²) in [7, 11) is 0. The summed E-state index contributed by atoms with van der Waals surface area (Å²) >= 11 is 3.13. The number of rotatable bonds is 5. The summed E-state index contributed by atoms with van der Waals surface area (Å²) in [4.78, 5) is 13.8. The van der Waals surface area contributed by atoms with Gasteiger partial charge in [-0.05, 0) is 68.9 Å². The third-order valence-electron chi connectivity index (χ3n) is 6.86. The van der Waals surface area contributed by atoms with Crippen LogP contribution < -0.4 is 0 Å². The Morgan fingerprint density at radius 3 is 2.60 bits per heavy atom. The lowest BCUT2D eigenvalue weighted by atomic mass is 9.82. The smallest absolute Gasteiger partial charge is 0.150 e. The van der Waals surface area contributed by atoms with Crippen LogP contribution in [0.3, 0.4) is 0 Å². The van der Waals surface area contributed by atoms with Crippen molar-refractivity contribution in [2.24, 2.45) is 0 Å². The molecule has 0 saturated carbocycles. The fourth-order valence-electron chi connectivity index (χ4n) is 5.43. The van der Waals surface area contributed by atoms with Crippen LogP contribution in [0.2, 0.25) is 0 Å². The van der Waals surface area contributed by atoms with E-state index in [0.29, 0.717) is 18.6 Å². The zero-order chi connectivity index (χ0) is 24.9. The summed E-state index contributed by atoms with van der Waals surface area (Å²) in [6, 6.07) is 4.35. The maximum absolute atomic E-state index is 15.3. The van der Waals surface area contributed by atoms with Gasteiger partial charge >= 0.3 is 0 Å². The van der Waals surface area contributed by atoms with Crippen LogP contribution in [0, 0.1) is 11.6 Å². The number of hydrogen-bond acceptors (Lipinski definition) is 4. The first-order valence-electron chi connectivity index (χ1n) is 11.8. The Morgan fingerprint density at radius 2 is 1.97 bits per heavy atom. The van der Waals surface area contributed by atoms with Gasteiger partial charge in [-0.3, -0.25) is 4.90 Å². The molecule has 2 aromatic carbocycles. The standard InChI is InChI=1S/C26H27BrF3N3O2/c1-26(2,30)14-32-16(13-34)11-18-17(25(32)24-20(28)9-15(27)10-21(24)29)6-7-22-19(18)12-31-33(22)23-5-3-4-8-35-23/h6-7,9-10,12-13,16,23,25H,3-5,8,11,14H2,1-2H3/t16-,23?,25-/m0/s1. The van der Waals surface area contributed by atoms with Gasteiger partial charge in [-0.1, -0.05) is 22.0 Å². The molecular weight excluding hydrogens is 523 g/mol. The zero-order valence-electron chi connectivity index (χ0n) is 19.6. The molecule has 35 heavy (non-hydrogen) atoms. The number of aldehydes is 1. The van der Waals surface area contributed by atoms with Crippen LogP contribution in [0.15, 0.2) is 34.9 Å². The molecule has 3 aromatic rings. The molecule has 0 spiro atoms. The second-order valence-electron chi connectivity index (χ2n) is 9.96. The van der Waals surface area contributed by atoms with Crippen LogP contribution in [-0.2, 0) is 16.0 Å². The molecule has 0 bridgehead atoms. The highest BCUT2D eigenvalue weighted by Gasteiger charge is 2.41. The maximum Gasteiger partial charge on any atom is 0.150 e. The second-order valence-corrected chi connectivity index (χ2v) is 10.9. The van der Waals surface area contributed by atoms with Crippen molar-refractivity contribution in [1.82, 2.24) is 14.7 Å². The molecular formula is C26H27BrF3N3O2. The Kier molecular flexibility index (Phi) is 6.52. The van der Waals surface area contributed by atoms with Gasteiger partial charge in [0.25, 0.3) is 0 Å². The van der Waals surface area contributed by atoms with Crippen LogP contribution in [-0.4, -0.2) is 45.8 Å². The number of hydrogen-bond donors (Lipinski definition) is 0. The molecule has 2 aliphatic heterocycles. The van der Waals surface area contributed by atoms with E-state index in [0.717, 1.165) is 42.0 Å². The number of alkyl halides is 1. The first-order chi connectivity index (χ1) is 16.7. The van der Waals surface area contributed by atoms with Gasteiger partial charge in [0.1, 0.15) is 23.6 Å². The molecule has 0 amide bonds. The quantitative estimate of drug-likeness (QED) is 0.364. The Labute approximate surface area is 210 Å². The minimum Gasteiger partial charge on any atom is -0.356 e. The Balaban J connectivity index is 1.71. The summed E-state index contributed by atoms with van der Waals surface area (Å²) in [5, 5.41) is 5.39. The third kappa shape index (κ3) is 4.54. The van der Waals surface area contributed by atoms with Crippen molar-refractivity contribution in [2.75, 3.05) is 13.2 Å². The highest BCUT2D eigenvalue weighted by Crippen LogP contribution is 2.44. The van der Waals surface area contributed by atoms with Crippen LogP contribution in [0.4, 0.5) is 13.2 Å². The topological polar surface area (TPSA) is 47.4 Å². The number of halogens is 4. The average molecular weight is 550 g/mol. The van der Waals surface area contributed by atoms with Gasteiger partial charge in [0.15, 0.2) is 6.23 Å². The van der Waals surface area contributed by atoms with Crippen molar-refractivity contribution < 1.29 is 22.7 Å². The predicted molar refractivity (Wildman–Crippen MR) is 130 cm³/mol. The number of carbonyl (C=O) groups is 1. The molecule has 5 rings (SSSR count). The first kappa shape index (κ1) is 24.5. The molecule has 3 heterocycles. The Hall–Kier alpha value is -2.23. The number of aromatic nitrogens is 2. The summed E-state index contributed by atoms with van der Waals surface area (Å²) in [6.45, 7) is 3.30. The largest absolute Gasteiger partial charge is 0.356 e. The van der Waals surface area contributed by atoms with E-state index in [1.807, 2.05) is 16.8 Å². The van der Waals surface area contributed by atoms with Gasteiger partial charge in [0.05, 0.1) is 23.8 Å². The minimum atomic E-state index is -1.69. The van der Waals surface area contributed by atoms with Crippen molar-refractivity contribution in [3.63, 3.8) is 0 Å². The fraction of sp³-hybridized carbons (Fsp3) is 0.462. The van der Waals surface area contributed by atoms with Gasteiger partial charge < -0.3 is 9.53 Å². The molecule has 0 aliphatic carbocycles. The van der Waals surface area contributed by atoms with Crippen molar-refractivity contribution in [2.45, 2.75) is 63.5 Å². The molecule has 1 saturated heterocycles. The average Bonchev–Trinajstić information content (AvgIpc) is 3.23. The number of fused-ring (bicyclic) bond motifs is 3. The van der Waals surface area contributed by atoms with Gasteiger partial charge in [0, 0.05) is 28.6 Å². The second kappa shape index (κ2) is 9.33. The van der Waals surface area contributed by atoms with Crippen LogP contribution in [0.25, 0.3) is 10.9 Å². The molecule has 0 radical (unpaired) electrons. The molecule has 1 unspecified atom stereocenters. The maximum atomic E-state index is 15.3. The van der Waals surface area contributed by atoms with Crippen LogP contribution in [0.1, 0.15) is 62.1 Å². The molecule has 1 aromatic heterocycles. The molecule has 9 heteroatoms. The van der Waals surface area contributed by atoms with Crippen molar-refractivity contribution in [3.8, 4) is 0 Å². The Morgan fingerprint density at radius 1 is 1.23 bits per heavy atom. The van der Waals surface area contributed by atoms with E-state index in [9.17, 15) is 9.18 Å². The van der Waals surface area contributed by atoms with Crippen molar-refractivity contribution >= 4 is 33.1 Å². The fourth-order valence-corrected chi connectivity index (χ4v) is 5.83. The lowest BCUT2D eigenvalue weighted by molar-refractivity contribution is -0.114. The van der Waals surface area contributed by atoms with Gasteiger partial charge in [-0.2, -0.15) is 5.10 Å². The molecule has 1 fully saturated rings. The lowest BCUT2D eigenvalue weighted by Crippen LogP contribution is -2.50. The van der Waals surface area contributed by atoms with Gasteiger partial charge in [-0.15, -0.1) is 0 Å². The van der Waals surface area contributed by atoms with E-state index in [-0.39, 0.29) is 22.8 Å². The summed E-state index contributed by atoms with van der Waals surface area (Å²) in [5.74, 6) is -1.51. The first-order valence-corrected chi connectivity index (χ1v) is 12.6. The Bertz CT molecular complexity index is 1240. The highest BCUT2D eigenvalue weighted by atomic mass is 79.9. The van der Waals surface area contributed by atoms with Crippen LogP contribution in [0.5, 0.6) is 0 Å². The third-order valence-corrected chi connectivity index (χ3v) is 7.31. The molecule has 186 valence electrons. The van der Waals surface area contributed by atoms with Gasteiger partial charge in [0.2, 0.25) is 0 Å². The van der Waals surface area contributed by atoms with E-state index in [2.05, 4.69) is 21.0 Å². The number of benzene rings is 2. The number of ether oxygens (including phenoxy) is 1. The number of carbonyl (C=O) groups excluding carboxylic acids is 1. The van der Waals surface area contributed by atoms with E-state index >= 15 is 8.78 Å². The van der Waals surface area contributed by atoms with Gasteiger partial charge in [-0.25, -0.2) is 17.9 Å². The summed E-state index contributed by atoms with van der Waals surface area (Å²) < 4.78 is 53.5. The number of nitrogens with zero attached hydrogens (tertiary/aromatic N) is 3.